The van der Waals surface area contributed by atoms with Gasteiger partial charge in [0.2, 0.25) is 0 Å². The molecule has 0 spiro atoms. The molecule has 2 heterocycles. The topological polar surface area (TPSA) is 54.0 Å². The fraction of sp³-hybridized carbons (Fsp3) is 0.333. The number of alkyl halides is 1. The molecule has 1 aliphatic rings. The van der Waals surface area contributed by atoms with Gasteiger partial charge >= 0.3 is 0 Å². The molecule has 0 aromatic carbocycles. The van der Waals surface area contributed by atoms with Crippen molar-refractivity contribution in [2.45, 2.75) is 12.3 Å². The molecule has 0 bridgehead atoms. The molecule has 0 saturated carbocycles. The van der Waals surface area contributed by atoms with Crippen LogP contribution in [-0.4, -0.2) is 23.6 Å². The Morgan fingerprint density at radius 2 is 2.36 bits per heavy atom. The molecule has 1 aromatic heterocycles. The predicted octanol–water partition coefficient (Wildman–Crippen LogP) is 0.138. The molecular formula is C9H10FN3O. The van der Waals surface area contributed by atoms with Crippen molar-refractivity contribution in [3.8, 4) is 0 Å². The third-order valence-electron chi connectivity index (χ3n) is 2.06. The highest BCUT2D eigenvalue weighted by Gasteiger charge is 2.28. The highest BCUT2D eigenvalue weighted by molar-refractivity contribution is 5.82. The summed E-state index contributed by atoms with van der Waals surface area (Å²) in [6.07, 6.45) is -0.212. The number of aromatic nitrogens is 1. The molecule has 1 saturated heterocycles. The van der Waals surface area contributed by atoms with Crippen LogP contribution in [0.15, 0.2) is 24.4 Å². The Balaban J connectivity index is 2.11. The second-order valence-electron chi connectivity index (χ2n) is 3.07. The molecule has 4 nitrogen and oxygen atoms in total. The fourth-order valence-corrected chi connectivity index (χ4v) is 1.32. The molecule has 2 atom stereocenters. The van der Waals surface area contributed by atoms with E-state index in [9.17, 15) is 9.18 Å². The molecule has 1 aromatic rings. The van der Waals surface area contributed by atoms with Crippen molar-refractivity contribution < 1.29 is 9.18 Å². The zero-order valence-electron chi connectivity index (χ0n) is 7.40. The van der Waals surface area contributed by atoms with Crippen LogP contribution in [0.1, 0.15) is 11.9 Å². The Morgan fingerprint density at radius 1 is 1.50 bits per heavy atom. The van der Waals surface area contributed by atoms with Crippen molar-refractivity contribution in [2.75, 3.05) is 6.54 Å². The van der Waals surface area contributed by atoms with Crippen LogP contribution in [-0.2, 0) is 4.79 Å². The second kappa shape index (κ2) is 3.71. The van der Waals surface area contributed by atoms with E-state index in [0.29, 0.717) is 5.69 Å². The van der Waals surface area contributed by atoms with Crippen LogP contribution in [0, 0.1) is 0 Å². The number of carbonyl (C=O) groups is 1. The first-order chi connectivity index (χ1) is 6.77. The Labute approximate surface area is 80.5 Å². The summed E-state index contributed by atoms with van der Waals surface area (Å²) in [6, 6.07) is 5.38. The van der Waals surface area contributed by atoms with Crippen LogP contribution in [0.4, 0.5) is 4.39 Å². The normalized spacial score (nSPS) is 27.1. The number of rotatable bonds is 1. The van der Waals surface area contributed by atoms with E-state index in [-0.39, 0.29) is 12.7 Å². The molecule has 2 rings (SSSR count). The van der Waals surface area contributed by atoms with Gasteiger partial charge in [-0.25, -0.2) is 4.39 Å². The SMILES string of the molecule is O=C1NC(c2ccccn2)NCC1F. The van der Waals surface area contributed by atoms with E-state index in [4.69, 9.17) is 0 Å². The molecule has 0 aliphatic carbocycles. The van der Waals surface area contributed by atoms with Crippen molar-refractivity contribution >= 4 is 5.91 Å². The summed E-state index contributed by atoms with van der Waals surface area (Å²) in [4.78, 5) is 15.1. The number of halogens is 1. The van der Waals surface area contributed by atoms with Crippen molar-refractivity contribution in [3.05, 3.63) is 30.1 Å². The van der Waals surface area contributed by atoms with Crippen LogP contribution in [0.2, 0.25) is 0 Å². The predicted molar refractivity (Wildman–Crippen MR) is 48.0 cm³/mol. The molecule has 5 heteroatoms. The van der Waals surface area contributed by atoms with Crippen molar-refractivity contribution in [2.24, 2.45) is 0 Å². The summed E-state index contributed by atoms with van der Waals surface area (Å²) in [5, 5.41) is 5.34. The molecule has 0 radical (unpaired) electrons. The van der Waals surface area contributed by atoms with Crippen LogP contribution in [0.3, 0.4) is 0 Å². The Bertz CT molecular complexity index is 330. The molecule has 1 amide bonds. The van der Waals surface area contributed by atoms with Gasteiger partial charge in [-0.3, -0.25) is 15.1 Å². The number of nitrogens with zero attached hydrogens (tertiary/aromatic N) is 1. The first-order valence-corrected chi connectivity index (χ1v) is 4.36. The van der Waals surface area contributed by atoms with E-state index in [1.807, 2.05) is 6.07 Å². The van der Waals surface area contributed by atoms with Gasteiger partial charge in [0, 0.05) is 12.7 Å². The molecule has 74 valence electrons. The van der Waals surface area contributed by atoms with E-state index < -0.39 is 12.1 Å². The standard InChI is InChI=1S/C9H10FN3O/c10-6-5-12-8(13-9(6)14)7-3-1-2-4-11-7/h1-4,6,8,12H,5H2,(H,13,14). The summed E-state index contributed by atoms with van der Waals surface area (Å²) >= 11 is 0. The average Bonchev–Trinajstić information content (AvgIpc) is 2.23. The lowest BCUT2D eigenvalue weighted by atomic mass is 10.2. The molecule has 2 N–H and O–H groups in total. The monoisotopic (exact) mass is 195 g/mol. The van der Waals surface area contributed by atoms with Gasteiger partial charge in [0.05, 0.1) is 5.69 Å². The van der Waals surface area contributed by atoms with E-state index in [0.717, 1.165) is 0 Å². The lowest BCUT2D eigenvalue weighted by molar-refractivity contribution is -0.128. The van der Waals surface area contributed by atoms with Crippen LogP contribution >= 0.6 is 0 Å². The zero-order chi connectivity index (χ0) is 9.97. The Morgan fingerprint density at radius 3 is 3.00 bits per heavy atom. The summed E-state index contributed by atoms with van der Waals surface area (Å²) in [5.74, 6) is -0.584. The maximum absolute atomic E-state index is 12.8. The van der Waals surface area contributed by atoms with Gasteiger partial charge in [-0.05, 0) is 12.1 Å². The number of carbonyl (C=O) groups excluding carboxylic acids is 1. The minimum atomic E-state index is -1.46. The van der Waals surface area contributed by atoms with Crippen LogP contribution in [0.25, 0.3) is 0 Å². The molecule has 2 unspecified atom stereocenters. The minimum absolute atomic E-state index is 0.0348. The minimum Gasteiger partial charge on any atom is -0.333 e. The number of amides is 1. The quantitative estimate of drug-likeness (QED) is 0.670. The number of pyridine rings is 1. The first-order valence-electron chi connectivity index (χ1n) is 4.36. The Kier molecular flexibility index (Phi) is 2.41. The lowest BCUT2D eigenvalue weighted by Gasteiger charge is -2.26. The average molecular weight is 195 g/mol. The summed E-state index contributed by atoms with van der Waals surface area (Å²) in [7, 11) is 0. The van der Waals surface area contributed by atoms with E-state index in [1.165, 1.54) is 0 Å². The van der Waals surface area contributed by atoms with Gasteiger partial charge in [0.15, 0.2) is 6.17 Å². The first kappa shape index (κ1) is 9.08. The summed E-state index contributed by atoms with van der Waals surface area (Å²) in [6.45, 7) is 0.0348. The maximum atomic E-state index is 12.8. The van der Waals surface area contributed by atoms with E-state index >= 15 is 0 Å². The number of hydrogen-bond donors (Lipinski definition) is 2. The lowest BCUT2D eigenvalue weighted by Crippen LogP contribution is -2.52. The Hall–Kier alpha value is -1.49. The van der Waals surface area contributed by atoms with Gasteiger partial charge < -0.3 is 5.32 Å². The van der Waals surface area contributed by atoms with Gasteiger partial charge in [-0.2, -0.15) is 0 Å². The highest BCUT2D eigenvalue weighted by Crippen LogP contribution is 2.10. The smallest absolute Gasteiger partial charge is 0.257 e. The van der Waals surface area contributed by atoms with E-state index in [1.54, 1.807) is 18.3 Å². The van der Waals surface area contributed by atoms with Crippen LogP contribution in [0.5, 0.6) is 0 Å². The van der Waals surface area contributed by atoms with Crippen molar-refractivity contribution in [1.29, 1.82) is 0 Å². The maximum Gasteiger partial charge on any atom is 0.257 e. The van der Waals surface area contributed by atoms with E-state index in [2.05, 4.69) is 15.6 Å². The zero-order valence-corrected chi connectivity index (χ0v) is 7.40. The number of hydrogen-bond acceptors (Lipinski definition) is 3. The van der Waals surface area contributed by atoms with Gasteiger partial charge in [-0.1, -0.05) is 6.07 Å². The highest BCUT2D eigenvalue weighted by atomic mass is 19.1. The fourth-order valence-electron chi connectivity index (χ4n) is 1.32. The van der Waals surface area contributed by atoms with Gasteiger partial charge in [-0.15, -0.1) is 0 Å². The molecule has 1 aliphatic heterocycles. The van der Waals surface area contributed by atoms with Crippen molar-refractivity contribution in [3.63, 3.8) is 0 Å². The largest absolute Gasteiger partial charge is 0.333 e. The molecule has 1 fully saturated rings. The van der Waals surface area contributed by atoms with Gasteiger partial charge in [0.25, 0.3) is 5.91 Å². The van der Waals surface area contributed by atoms with Crippen LogP contribution < -0.4 is 10.6 Å². The number of nitrogens with one attached hydrogen (secondary N) is 2. The molecular weight excluding hydrogens is 185 g/mol. The third-order valence-corrected chi connectivity index (χ3v) is 2.06. The second-order valence-corrected chi connectivity index (χ2v) is 3.07. The summed E-state index contributed by atoms with van der Waals surface area (Å²) < 4.78 is 12.8. The van der Waals surface area contributed by atoms with Gasteiger partial charge in [0.1, 0.15) is 6.17 Å². The summed E-state index contributed by atoms with van der Waals surface area (Å²) in [5.41, 5.74) is 0.688. The third kappa shape index (κ3) is 1.72. The van der Waals surface area contributed by atoms with Crippen molar-refractivity contribution in [1.82, 2.24) is 15.6 Å². The molecule has 14 heavy (non-hydrogen) atoms.